The number of nitrogens with zero attached hydrogens (tertiary/aromatic N) is 2. The Morgan fingerprint density at radius 3 is 2.54 bits per heavy atom. The molecule has 2 heterocycles. The number of rotatable bonds is 4. The number of primary sulfonamides is 1. The molecule has 0 saturated carbocycles. The largest absolute Gasteiger partial charge is 0.380 e. The molecular weight excluding hydrogens is 331 g/mol. The second-order valence-electron chi connectivity index (χ2n) is 5.76. The molecule has 1 aliphatic heterocycles. The number of hydrogen-bond donors (Lipinski definition) is 2. The predicted molar refractivity (Wildman–Crippen MR) is 90.9 cm³/mol. The van der Waals surface area contributed by atoms with Gasteiger partial charge in [-0.25, -0.2) is 22.9 Å². The zero-order valence-corrected chi connectivity index (χ0v) is 13.8. The SMILES string of the molecule is NS(=O)(=O)c1cccnc1N1CCC(Nc2ccccc2F)CC1. The molecule has 24 heavy (non-hydrogen) atoms. The maximum Gasteiger partial charge on any atom is 0.241 e. The van der Waals surface area contributed by atoms with Crippen LogP contribution in [0.3, 0.4) is 0 Å². The average molecular weight is 350 g/mol. The van der Waals surface area contributed by atoms with E-state index in [2.05, 4.69) is 10.3 Å². The van der Waals surface area contributed by atoms with Gasteiger partial charge in [-0.2, -0.15) is 0 Å². The molecule has 0 spiro atoms. The van der Waals surface area contributed by atoms with Crippen molar-refractivity contribution in [1.29, 1.82) is 0 Å². The number of halogens is 1. The minimum atomic E-state index is -3.82. The standard InChI is InChI=1S/C16H19FN4O2S/c17-13-4-1-2-5-14(13)20-12-7-10-21(11-8-12)16-15(24(18,22)23)6-3-9-19-16/h1-6,9,12,20H,7-8,10-11H2,(H2,18,22,23). The first kappa shape index (κ1) is 16.7. The highest BCUT2D eigenvalue weighted by molar-refractivity contribution is 7.89. The van der Waals surface area contributed by atoms with E-state index in [0.29, 0.717) is 24.6 Å². The van der Waals surface area contributed by atoms with Gasteiger partial charge in [-0.15, -0.1) is 0 Å². The second kappa shape index (κ2) is 6.74. The summed E-state index contributed by atoms with van der Waals surface area (Å²) in [7, 11) is -3.82. The van der Waals surface area contributed by atoms with Gasteiger partial charge in [0.25, 0.3) is 0 Å². The molecular formula is C16H19FN4O2S. The molecule has 1 fully saturated rings. The molecule has 3 rings (SSSR count). The summed E-state index contributed by atoms with van der Waals surface area (Å²) in [6, 6.07) is 9.70. The highest BCUT2D eigenvalue weighted by Crippen LogP contribution is 2.26. The first-order valence-electron chi connectivity index (χ1n) is 7.69. The Bertz CT molecular complexity index is 820. The van der Waals surface area contributed by atoms with E-state index in [1.54, 1.807) is 30.5 Å². The van der Waals surface area contributed by atoms with Crippen LogP contribution >= 0.6 is 0 Å². The number of pyridine rings is 1. The van der Waals surface area contributed by atoms with Crippen LogP contribution in [-0.2, 0) is 10.0 Å². The van der Waals surface area contributed by atoms with Gasteiger partial charge in [-0.3, -0.25) is 0 Å². The third-order valence-corrected chi connectivity index (χ3v) is 5.02. The van der Waals surface area contributed by atoms with Gasteiger partial charge in [0.05, 0.1) is 5.69 Å². The quantitative estimate of drug-likeness (QED) is 0.880. The summed E-state index contributed by atoms with van der Waals surface area (Å²) < 4.78 is 37.1. The van der Waals surface area contributed by atoms with Crippen molar-refractivity contribution in [3.05, 3.63) is 48.4 Å². The minimum Gasteiger partial charge on any atom is -0.380 e. The molecule has 1 aliphatic rings. The van der Waals surface area contributed by atoms with Gasteiger partial charge < -0.3 is 10.2 Å². The van der Waals surface area contributed by atoms with E-state index in [1.807, 2.05) is 4.90 Å². The fraction of sp³-hybridized carbons (Fsp3) is 0.312. The second-order valence-corrected chi connectivity index (χ2v) is 7.29. The van der Waals surface area contributed by atoms with Crippen molar-refractivity contribution in [2.45, 2.75) is 23.8 Å². The first-order chi connectivity index (χ1) is 11.4. The lowest BCUT2D eigenvalue weighted by Gasteiger charge is -2.34. The maximum atomic E-state index is 13.7. The minimum absolute atomic E-state index is 0.0329. The van der Waals surface area contributed by atoms with Crippen molar-refractivity contribution < 1.29 is 12.8 Å². The number of sulfonamides is 1. The lowest BCUT2D eigenvalue weighted by Crippen LogP contribution is -2.40. The van der Waals surface area contributed by atoms with Crippen LogP contribution in [0.5, 0.6) is 0 Å². The zero-order valence-electron chi connectivity index (χ0n) is 13.0. The number of nitrogens with two attached hydrogens (primary N) is 1. The Morgan fingerprint density at radius 2 is 1.88 bits per heavy atom. The van der Waals surface area contributed by atoms with Crippen molar-refractivity contribution >= 4 is 21.5 Å². The zero-order chi connectivity index (χ0) is 17.2. The third-order valence-electron chi connectivity index (χ3n) is 4.09. The molecule has 0 atom stereocenters. The summed E-state index contributed by atoms with van der Waals surface area (Å²) in [5.41, 5.74) is 0.485. The fourth-order valence-corrected chi connectivity index (χ4v) is 3.58. The van der Waals surface area contributed by atoms with Crippen molar-refractivity contribution in [2.75, 3.05) is 23.3 Å². The number of nitrogens with one attached hydrogen (secondary N) is 1. The Balaban J connectivity index is 1.69. The lowest BCUT2D eigenvalue weighted by atomic mass is 10.0. The Hall–Kier alpha value is -2.19. The molecule has 1 saturated heterocycles. The molecule has 0 amide bonds. The van der Waals surface area contributed by atoms with Crippen molar-refractivity contribution in [2.24, 2.45) is 5.14 Å². The molecule has 6 nitrogen and oxygen atoms in total. The van der Waals surface area contributed by atoms with Crippen LogP contribution < -0.4 is 15.4 Å². The van der Waals surface area contributed by atoms with Gasteiger partial charge in [0, 0.05) is 25.3 Å². The van der Waals surface area contributed by atoms with Gasteiger partial charge in [-0.05, 0) is 37.1 Å². The number of aromatic nitrogens is 1. The average Bonchev–Trinajstić information content (AvgIpc) is 2.57. The smallest absolute Gasteiger partial charge is 0.241 e. The number of hydrogen-bond acceptors (Lipinski definition) is 5. The molecule has 2 aromatic rings. The van der Waals surface area contributed by atoms with Gasteiger partial charge in [0.15, 0.2) is 0 Å². The summed E-state index contributed by atoms with van der Waals surface area (Å²) >= 11 is 0. The molecule has 0 radical (unpaired) electrons. The highest BCUT2D eigenvalue weighted by atomic mass is 32.2. The van der Waals surface area contributed by atoms with Gasteiger partial charge in [0.2, 0.25) is 10.0 Å². The van der Waals surface area contributed by atoms with Crippen LogP contribution in [-0.4, -0.2) is 32.5 Å². The van der Waals surface area contributed by atoms with Crippen LogP contribution in [0, 0.1) is 5.82 Å². The third kappa shape index (κ3) is 3.65. The molecule has 0 aliphatic carbocycles. The lowest BCUT2D eigenvalue weighted by molar-refractivity contribution is 0.516. The van der Waals surface area contributed by atoms with E-state index in [-0.39, 0.29) is 16.8 Å². The maximum absolute atomic E-state index is 13.7. The monoisotopic (exact) mass is 350 g/mol. The van der Waals surface area contributed by atoms with E-state index >= 15 is 0 Å². The van der Waals surface area contributed by atoms with E-state index in [1.165, 1.54) is 12.1 Å². The molecule has 8 heteroatoms. The fourth-order valence-electron chi connectivity index (χ4n) is 2.88. The van der Waals surface area contributed by atoms with Gasteiger partial charge >= 0.3 is 0 Å². The summed E-state index contributed by atoms with van der Waals surface area (Å²) in [5, 5.41) is 8.46. The number of anilines is 2. The van der Waals surface area contributed by atoms with E-state index in [0.717, 1.165) is 12.8 Å². The van der Waals surface area contributed by atoms with E-state index in [4.69, 9.17) is 5.14 Å². The summed E-state index contributed by atoms with van der Waals surface area (Å²) in [5.74, 6) is 0.102. The summed E-state index contributed by atoms with van der Waals surface area (Å²) in [6.45, 7) is 1.23. The van der Waals surface area contributed by atoms with Crippen LogP contribution in [0.2, 0.25) is 0 Å². The van der Waals surface area contributed by atoms with Crippen LogP contribution in [0.25, 0.3) is 0 Å². The summed E-state index contributed by atoms with van der Waals surface area (Å²) in [4.78, 5) is 6.11. The summed E-state index contributed by atoms with van der Waals surface area (Å²) in [6.07, 6.45) is 3.04. The van der Waals surface area contributed by atoms with Crippen LogP contribution in [0.4, 0.5) is 15.9 Å². The Labute approximate surface area is 140 Å². The van der Waals surface area contributed by atoms with Gasteiger partial charge in [0.1, 0.15) is 16.5 Å². The van der Waals surface area contributed by atoms with Crippen molar-refractivity contribution in [3.63, 3.8) is 0 Å². The number of benzene rings is 1. The first-order valence-corrected chi connectivity index (χ1v) is 9.23. The van der Waals surface area contributed by atoms with E-state index < -0.39 is 10.0 Å². The molecule has 3 N–H and O–H groups in total. The number of para-hydroxylation sites is 1. The Morgan fingerprint density at radius 1 is 1.17 bits per heavy atom. The van der Waals surface area contributed by atoms with Crippen molar-refractivity contribution in [3.8, 4) is 0 Å². The van der Waals surface area contributed by atoms with Crippen LogP contribution in [0.1, 0.15) is 12.8 Å². The molecule has 0 bridgehead atoms. The van der Waals surface area contributed by atoms with Gasteiger partial charge in [-0.1, -0.05) is 12.1 Å². The highest BCUT2D eigenvalue weighted by Gasteiger charge is 2.25. The Kier molecular flexibility index (Phi) is 4.68. The normalized spacial score (nSPS) is 16.2. The van der Waals surface area contributed by atoms with Crippen molar-refractivity contribution in [1.82, 2.24) is 4.98 Å². The molecule has 1 aromatic heterocycles. The van der Waals surface area contributed by atoms with Crippen LogP contribution in [0.15, 0.2) is 47.5 Å². The molecule has 0 unspecified atom stereocenters. The number of piperidine rings is 1. The molecule has 1 aromatic carbocycles. The predicted octanol–water partition coefficient (Wildman–Crippen LogP) is 1.95. The van der Waals surface area contributed by atoms with E-state index in [9.17, 15) is 12.8 Å². The molecule has 128 valence electrons. The topological polar surface area (TPSA) is 88.3 Å².